The molecule has 0 aliphatic carbocycles. The summed E-state index contributed by atoms with van der Waals surface area (Å²) in [6.07, 6.45) is 0.509. The Hall–Kier alpha value is -1.20. The van der Waals surface area contributed by atoms with Crippen molar-refractivity contribution >= 4 is 17.7 Å². The van der Waals surface area contributed by atoms with Gasteiger partial charge in [0.2, 0.25) is 5.91 Å². The van der Waals surface area contributed by atoms with Crippen LogP contribution in [0.5, 0.6) is 5.75 Å². The summed E-state index contributed by atoms with van der Waals surface area (Å²) in [5.74, 6) is 3.09. The lowest BCUT2D eigenvalue weighted by Gasteiger charge is -2.23. The lowest BCUT2D eigenvalue weighted by Crippen LogP contribution is -2.42. The van der Waals surface area contributed by atoms with Crippen LogP contribution in [0.2, 0.25) is 0 Å². The Kier molecular flexibility index (Phi) is 6.39. The Bertz CT molecular complexity index is 444. The summed E-state index contributed by atoms with van der Waals surface area (Å²) < 4.78 is 5.78. The smallest absolute Gasteiger partial charge is 0.221 e. The van der Waals surface area contributed by atoms with E-state index in [9.17, 15) is 4.79 Å². The number of amides is 1. The molecule has 1 aromatic carbocycles. The van der Waals surface area contributed by atoms with Crippen molar-refractivity contribution in [2.45, 2.75) is 32.4 Å². The van der Waals surface area contributed by atoms with Gasteiger partial charge in [-0.1, -0.05) is 17.7 Å². The molecule has 2 atom stereocenters. The highest BCUT2D eigenvalue weighted by Gasteiger charge is 2.17. The minimum Gasteiger partial charge on any atom is -0.489 e. The molecular weight excluding hydrogens is 284 g/mol. The molecule has 0 aromatic heterocycles. The number of ether oxygens (including phenoxy) is 1. The molecule has 0 spiro atoms. The Balaban J connectivity index is 1.66. The number of hydrogen-bond donors (Lipinski definition) is 2. The van der Waals surface area contributed by atoms with Crippen LogP contribution in [0.3, 0.4) is 0 Å². The van der Waals surface area contributed by atoms with Crippen LogP contribution in [0.4, 0.5) is 0 Å². The third kappa shape index (κ3) is 5.98. The molecule has 0 bridgehead atoms. The Labute approximate surface area is 131 Å². The van der Waals surface area contributed by atoms with E-state index in [0.29, 0.717) is 19.0 Å². The summed E-state index contributed by atoms with van der Waals surface area (Å²) in [6, 6.07) is 8.25. The molecule has 2 N–H and O–H groups in total. The highest BCUT2D eigenvalue weighted by atomic mass is 32.2. The number of carbonyl (C=O) groups excluding carboxylic acids is 1. The second kappa shape index (κ2) is 8.29. The average Bonchev–Trinajstić information content (AvgIpc) is 2.49. The molecule has 0 radical (unpaired) electrons. The van der Waals surface area contributed by atoms with Gasteiger partial charge in [0.05, 0.1) is 6.54 Å². The van der Waals surface area contributed by atoms with Crippen LogP contribution in [0, 0.1) is 6.92 Å². The van der Waals surface area contributed by atoms with E-state index in [0.717, 1.165) is 23.8 Å². The van der Waals surface area contributed by atoms with E-state index in [1.54, 1.807) is 0 Å². The number of aryl methyl sites for hydroxylation is 1. The van der Waals surface area contributed by atoms with Gasteiger partial charge < -0.3 is 15.4 Å². The van der Waals surface area contributed by atoms with E-state index in [2.05, 4.69) is 10.6 Å². The fourth-order valence-electron chi connectivity index (χ4n) is 2.20. The number of carbonyl (C=O) groups is 1. The van der Waals surface area contributed by atoms with Gasteiger partial charge in [-0.15, -0.1) is 0 Å². The van der Waals surface area contributed by atoms with Gasteiger partial charge in [0.15, 0.2) is 0 Å². The quantitative estimate of drug-likeness (QED) is 0.844. The molecule has 1 heterocycles. The number of rotatable bonds is 6. The molecular formula is C16H24N2O2S. The Morgan fingerprint density at radius 3 is 2.90 bits per heavy atom. The molecule has 2 rings (SSSR count). The Morgan fingerprint density at radius 2 is 2.24 bits per heavy atom. The van der Waals surface area contributed by atoms with Crippen LogP contribution >= 0.6 is 11.8 Å². The van der Waals surface area contributed by atoms with Crippen molar-refractivity contribution in [3.63, 3.8) is 0 Å². The largest absolute Gasteiger partial charge is 0.489 e. The minimum atomic E-state index is -0.0367. The molecule has 1 aliphatic heterocycles. The van der Waals surface area contributed by atoms with E-state index in [1.165, 1.54) is 5.56 Å². The lowest BCUT2D eigenvalue weighted by atomic mass is 10.2. The monoisotopic (exact) mass is 308 g/mol. The molecule has 1 aliphatic rings. The number of benzene rings is 1. The highest BCUT2D eigenvalue weighted by Crippen LogP contribution is 2.13. The number of thioether (sulfide) groups is 1. The molecule has 2 unspecified atom stereocenters. The van der Waals surface area contributed by atoms with Crippen molar-refractivity contribution < 1.29 is 9.53 Å². The summed E-state index contributed by atoms with van der Waals surface area (Å²) in [7, 11) is 0. The third-order valence-corrected chi connectivity index (χ3v) is 4.51. The standard InChI is InChI=1S/C16H24N2O2S/c1-12-3-5-15(6-4-12)20-13(2)10-18-16(19)9-14-11-21-8-7-17-14/h3-6,13-14,17H,7-11H2,1-2H3,(H,18,19). The summed E-state index contributed by atoms with van der Waals surface area (Å²) in [4.78, 5) is 11.9. The first-order chi connectivity index (χ1) is 10.1. The van der Waals surface area contributed by atoms with Crippen molar-refractivity contribution in [2.75, 3.05) is 24.6 Å². The van der Waals surface area contributed by atoms with Crippen LogP contribution in [-0.2, 0) is 4.79 Å². The summed E-state index contributed by atoms with van der Waals surface area (Å²) in [5, 5.41) is 6.32. The SMILES string of the molecule is Cc1ccc(OC(C)CNC(=O)CC2CSCCN2)cc1. The second-order valence-electron chi connectivity index (χ2n) is 5.48. The maximum Gasteiger partial charge on any atom is 0.221 e. The van der Waals surface area contributed by atoms with E-state index >= 15 is 0 Å². The predicted molar refractivity (Wildman–Crippen MR) is 88.0 cm³/mol. The molecule has 4 nitrogen and oxygen atoms in total. The van der Waals surface area contributed by atoms with Crippen molar-refractivity contribution in [3.8, 4) is 5.75 Å². The highest BCUT2D eigenvalue weighted by molar-refractivity contribution is 7.99. The first-order valence-corrected chi connectivity index (χ1v) is 8.60. The van der Waals surface area contributed by atoms with Gasteiger partial charge in [0, 0.05) is 30.5 Å². The molecule has 5 heteroatoms. The zero-order valence-corrected chi connectivity index (χ0v) is 13.5. The molecule has 116 valence electrons. The van der Waals surface area contributed by atoms with E-state index in [4.69, 9.17) is 4.74 Å². The summed E-state index contributed by atoms with van der Waals surface area (Å²) in [5.41, 5.74) is 1.21. The van der Waals surface area contributed by atoms with Gasteiger partial charge in [-0.3, -0.25) is 4.79 Å². The van der Waals surface area contributed by atoms with Crippen molar-refractivity contribution in [3.05, 3.63) is 29.8 Å². The second-order valence-corrected chi connectivity index (χ2v) is 6.63. The predicted octanol–water partition coefficient (Wildman–Crippen LogP) is 1.97. The van der Waals surface area contributed by atoms with Gasteiger partial charge in [-0.25, -0.2) is 0 Å². The number of nitrogens with one attached hydrogen (secondary N) is 2. The molecule has 1 amide bonds. The molecule has 1 aromatic rings. The van der Waals surface area contributed by atoms with E-state index in [-0.39, 0.29) is 12.0 Å². The lowest BCUT2D eigenvalue weighted by molar-refractivity contribution is -0.121. The summed E-state index contributed by atoms with van der Waals surface area (Å²) in [6.45, 7) is 5.54. The fourth-order valence-corrected chi connectivity index (χ4v) is 3.14. The van der Waals surface area contributed by atoms with E-state index in [1.807, 2.05) is 49.9 Å². The Morgan fingerprint density at radius 1 is 1.48 bits per heavy atom. The van der Waals surface area contributed by atoms with Gasteiger partial charge in [-0.2, -0.15) is 11.8 Å². The average molecular weight is 308 g/mol. The maximum absolute atomic E-state index is 11.9. The van der Waals surface area contributed by atoms with Gasteiger partial charge in [-0.05, 0) is 26.0 Å². The van der Waals surface area contributed by atoms with Gasteiger partial charge in [0.1, 0.15) is 11.9 Å². The van der Waals surface area contributed by atoms with Crippen LogP contribution < -0.4 is 15.4 Å². The molecule has 0 saturated carbocycles. The zero-order valence-electron chi connectivity index (χ0n) is 12.7. The van der Waals surface area contributed by atoms with Crippen molar-refractivity contribution in [2.24, 2.45) is 0 Å². The molecule has 21 heavy (non-hydrogen) atoms. The maximum atomic E-state index is 11.9. The molecule has 1 fully saturated rings. The first-order valence-electron chi connectivity index (χ1n) is 7.44. The number of hydrogen-bond acceptors (Lipinski definition) is 4. The topological polar surface area (TPSA) is 50.4 Å². The van der Waals surface area contributed by atoms with Crippen molar-refractivity contribution in [1.82, 2.24) is 10.6 Å². The van der Waals surface area contributed by atoms with Crippen LogP contribution in [0.15, 0.2) is 24.3 Å². The third-order valence-electron chi connectivity index (χ3n) is 3.38. The van der Waals surface area contributed by atoms with Gasteiger partial charge >= 0.3 is 0 Å². The summed E-state index contributed by atoms with van der Waals surface area (Å²) >= 11 is 1.91. The normalized spacial score (nSPS) is 19.8. The zero-order chi connectivity index (χ0) is 15.1. The van der Waals surface area contributed by atoms with Gasteiger partial charge in [0.25, 0.3) is 0 Å². The van der Waals surface area contributed by atoms with Crippen molar-refractivity contribution in [1.29, 1.82) is 0 Å². The van der Waals surface area contributed by atoms with Crippen LogP contribution in [0.25, 0.3) is 0 Å². The van der Waals surface area contributed by atoms with Crippen LogP contribution in [-0.4, -0.2) is 42.6 Å². The molecule has 1 saturated heterocycles. The van der Waals surface area contributed by atoms with Crippen LogP contribution in [0.1, 0.15) is 18.9 Å². The first kappa shape index (κ1) is 16.2. The minimum absolute atomic E-state index is 0.0367. The fraction of sp³-hybridized carbons (Fsp3) is 0.562. The van der Waals surface area contributed by atoms with E-state index < -0.39 is 0 Å².